The van der Waals surface area contributed by atoms with Crippen LogP contribution in [0.25, 0.3) is 0 Å². The Hall–Kier alpha value is -1.50. The molecule has 0 bridgehead atoms. The Balaban J connectivity index is 1.58. The van der Waals surface area contributed by atoms with Gasteiger partial charge in [0.25, 0.3) is 5.91 Å². The number of carbonyl (C=O) groups is 2. The summed E-state index contributed by atoms with van der Waals surface area (Å²) in [5, 5.41) is 14.1. The first-order valence-corrected chi connectivity index (χ1v) is 11.2. The zero-order valence-electron chi connectivity index (χ0n) is 17.7. The van der Waals surface area contributed by atoms with Gasteiger partial charge in [-0.2, -0.15) is 0 Å². The summed E-state index contributed by atoms with van der Waals surface area (Å²) in [5.41, 5.74) is -0.615. The SMILES string of the molecule is CCC(C)(C)C1CCC2(CC1)NC(=O)N(CC(O)COc1cc(Cl)ccc1Cl)C2=O. The van der Waals surface area contributed by atoms with Crippen molar-refractivity contribution in [2.75, 3.05) is 13.2 Å². The number of β-amino-alcohol motifs (C(OH)–C–C–N with tert-alkyl or cyclic N) is 1. The fourth-order valence-electron chi connectivity index (χ4n) is 4.40. The van der Waals surface area contributed by atoms with Gasteiger partial charge in [-0.15, -0.1) is 0 Å². The van der Waals surface area contributed by atoms with Crippen LogP contribution in [0.2, 0.25) is 10.0 Å². The minimum absolute atomic E-state index is 0.114. The van der Waals surface area contributed by atoms with Gasteiger partial charge in [0.2, 0.25) is 0 Å². The molecule has 1 saturated heterocycles. The van der Waals surface area contributed by atoms with Crippen LogP contribution in [0, 0.1) is 11.3 Å². The molecule has 1 aliphatic carbocycles. The maximum absolute atomic E-state index is 13.1. The second-order valence-electron chi connectivity index (χ2n) is 9.08. The third-order valence-electron chi connectivity index (χ3n) is 6.82. The quantitative estimate of drug-likeness (QED) is 0.585. The number of aliphatic hydroxyl groups excluding tert-OH is 1. The topological polar surface area (TPSA) is 78.9 Å². The number of halogens is 2. The van der Waals surface area contributed by atoms with Crippen molar-refractivity contribution in [3.8, 4) is 5.75 Å². The number of urea groups is 1. The molecule has 2 aliphatic rings. The summed E-state index contributed by atoms with van der Waals surface area (Å²) in [6.07, 6.45) is 3.11. The Labute approximate surface area is 187 Å². The fraction of sp³-hybridized carbons (Fsp3) is 0.636. The minimum Gasteiger partial charge on any atom is -0.489 e. The average molecular weight is 457 g/mol. The third kappa shape index (κ3) is 4.71. The van der Waals surface area contributed by atoms with E-state index >= 15 is 0 Å². The number of carbonyl (C=O) groups excluding carboxylic acids is 2. The lowest BCUT2D eigenvalue weighted by atomic mass is 9.65. The number of ether oxygens (including phenoxy) is 1. The summed E-state index contributed by atoms with van der Waals surface area (Å²) >= 11 is 12.0. The molecule has 2 N–H and O–H groups in total. The molecule has 1 saturated carbocycles. The summed E-state index contributed by atoms with van der Waals surface area (Å²) in [5.74, 6) is 0.627. The second kappa shape index (κ2) is 8.93. The molecule has 2 fully saturated rings. The zero-order chi connectivity index (χ0) is 22.1. The Morgan fingerprint density at radius 3 is 2.60 bits per heavy atom. The van der Waals surface area contributed by atoms with Crippen LogP contribution in [-0.2, 0) is 4.79 Å². The van der Waals surface area contributed by atoms with Crippen molar-refractivity contribution in [3.05, 3.63) is 28.2 Å². The Kier molecular flexibility index (Phi) is 6.90. The van der Waals surface area contributed by atoms with Crippen molar-refractivity contribution in [2.24, 2.45) is 11.3 Å². The minimum atomic E-state index is -1.04. The summed E-state index contributed by atoms with van der Waals surface area (Å²) < 4.78 is 5.52. The van der Waals surface area contributed by atoms with E-state index in [0.717, 1.165) is 24.2 Å². The zero-order valence-corrected chi connectivity index (χ0v) is 19.2. The first-order valence-electron chi connectivity index (χ1n) is 10.5. The first kappa shape index (κ1) is 23.2. The first-order chi connectivity index (χ1) is 14.1. The molecule has 1 aromatic carbocycles. The molecule has 1 aromatic rings. The molecular formula is C22H30Cl2N2O4. The monoisotopic (exact) mass is 456 g/mol. The Morgan fingerprint density at radius 2 is 1.97 bits per heavy atom. The van der Waals surface area contributed by atoms with Gasteiger partial charge in [0.15, 0.2) is 0 Å². The van der Waals surface area contributed by atoms with Gasteiger partial charge in [-0.1, -0.05) is 50.4 Å². The lowest BCUT2D eigenvalue weighted by Gasteiger charge is -2.42. The second-order valence-corrected chi connectivity index (χ2v) is 9.93. The van der Waals surface area contributed by atoms with E-state index in [1.165, 1.54) is 0 Å². The fourth-order valence-corrected chi connectivity index (χ4v) is 4.73. The highest BCUT2D eigenvalue weighted by molar-refractivity contribution is 6.34. The van der Waals surface area contributed by atoms with Gasteiger partial charge < -0.3 is 15.2 Å². The number of imide groups is 1. The van der Waals surface area contributed by atoms with Crippen LogP contribution in [0.15, 0.2) is 18.2 Å². The summed E-state index contributed by atoms with van der Waals surface area (Å²) in [7, 11) is 0. The normalized spacial score (nSPS) is 25.5. The molecule has 30 heavy (non-hydrogen) atoms. The van der Waals surface area contributed by atoms with Crippen molar-refractivity contribution in [1.29, 1.82) is 0 Å². The van der Waals surface area contributed by atoms with Crippen molar-refractivity contribution >= 4 is 35.1 Å². The smallest absolute Gasteiger partial charge is 0.325 e. The molecule has 0 radical (unpaired) electrons. The molecule has 1 spiro atoms. The molecular weight excluding hydrogens is 427 g/mol. The molecule has 1 aliphatic heterocycles. The molecule has 8 heteroatoms. The number of amides is 3. The van der Waals surface area contributed by atoms with Crippen LogP contribution in [0.3, 0.4) is 0 Å². The van der Waals surface area contributed by atoms with E-state index in [9.17, 15) is 14.7 Å². The Bertz CT molecular complexity index is 806. The number of nitrogens with zero attached hydrogens (tertiary/aromatic N) is 1. The number of hydrogen-bond acceptors (Lipinski definition) is 4. The number of rotatable bonds is 7. The molecule has 3 rings (SSSR count). The lowest BCUT2D eigenvalue weighted by molar-refractivity contribution is -0.134. The summed E-state index contributed by atoms with van der Waals surface area (Å²) in [4.78, 5) is 26.7. The Morgan fingerprint density at radius 1 is 1.30 bits per heavy atom. The highest BCUT2D eigenvalue weighted by Crippen LogP contribution is 2.45. The van der Waals surface area contributed by atoms with E-state index in [1.807, 2.05) is 0 Å². The van der Waals surface area contributed by atoms with E-state index in [2.05, 4.69) is 26.1 Å². The number of nitrogens with one attached hydrogen (secondary N) is 1. The largest absolute Gasteiger partial charge is 0.489 e. The van der Waals surface area contributed by atoms with Crippen LogP contribution in [0.1, 0.15) is 52.9 Å². The van der Waals surface area contributed by atoms with Gasteiger partial charge in [-0.3, -0.25) is 9.69 Å². The number of aliphatic hydroxyl groups is 1. The maximum Gasteiger partial charge on any atom is 0.325 e. The van der Waals surface area contributed by atoms with Crippen molar-refractivity contribution in [3.63, 3.8) is 0 Å². The van der Waals surface area contributed by atoms with E-state index in [0.29, 0.717) is 34.6 Å². The predicted molar refractivity (Wildman–Crippen MR) is 117 cm³/mol. The summed E-state index contributed by atoms with van der Waals surface area (Å²) in [6, 6.07) is 4.34. The highest BCUT2D eigenvalue weighted by Gasteiger charge is 2.53. The van der Waals surface area contributed by atoms with Crippen LogP contribution < -0.4 is 10.1 Å². The van der Waals surface area contributed by atoms with Gasteiger partial charge >= 0.3 is 6.03 Å². The predicted octanol–water partition coefficient (Wildman–Crippen LogP) is 4.65. The molecule has 0 aromatic heterocycles. The van der Waals surface area contributed by atoms with Crippen LogP contribution in [0.4, 0.5) is 4.79 Å². The molecule has 166 valence electrons. The molecule has 1 heterocycles. The van der Waals surface area contributed by atoms with E-state index < -0.39 is 17.7 Å². The average Bonchev–Trinajstić information content (AvgIpc) is 2.93. The van der Waals surface area contributed by atoms with E-state index in [4.69, 9.17) is 27.9 Å². The maximum atomic E-state index is 13.1. The van der Waals surface area contributed by atoms with Crippen molar-refractivity contribution in [2.45, 2.75) is 64.5 Å². The molecule has 1 atom stereocenters. The van der Waals surface area contributed by atoms with Crippen molar-refractivity contribution < 1.29 is 19.4 Å². The van der Waals surface area contributed by atoms with Gasteiger partial charge in [-0.25, -0.2) is 4.79 Å². The molecule has 1 unspecified atom stereocenters. The van der Waals surface area contributed by atoms with Gasteiger partial charge in [-0.05, 0) is 49.1 Å². The highest BCUT2D eigenvalue weighted by atomic mass is 35.5. The van der Waals surface area contributed by atoms with Crippen molar-refractivity contribution in [1.82, 2.24) is 10.2 Å². The lowest BCUT2D eigenvalue weighted by Crippen LogP contribution is -2.51. The summed E-state index contributed by atoms with van der Waals surface area (Å²) in [6.45, 7) is 6.47. The van der Waals surface area contributed by atoms with Crippen LogP contribution in [-0.4, -0.2) is 46.7 Å². The number of benzene rings is 1. The number of hydrogen-bond donors (Lipinski definition) is 2. The third-order valence-corrected chi connectivity index (χ3v) is 7.37. The van der Waals surface area contributed by atoms with Crippen LogP contribution >= 0.6 is 23.2 Å². The van der Waals surface area contributed by atoms with Gasteiger partial charge in [0, 0.05) is 11.1 Å². The molecule has 3 amide bonds. The van der Waals surface area contributed by atoms with Gasteiger partial charge in [0.1, 0.15) is 24.0 Å². The van der Waals surface area contributed by atoms with E-state index in [-0.39, 0.29) is 24.5 Å². The molecule has 6 nitrogen and oxygen atoms in total. The van der Waals surface area contributed by atoms with Gasteiger partial charge in [0.05, 0.1) is 11.6 Å². The standard InChI is InChI=1S/C22H30Cl2N2O4/c1-4-21(2,3)14-7-9-22(10-8-14)19(28)26(20(29)25-22)12-16(27)13-30-18-11-15(23)5-6-17(18)24/h5-6,11,14,16,27H,4,7-10,12-13H2,1-3H3,(H,25,29). The van der Waals surface area contributed by atoms with Crippen LogP contribution in [0.5, 0.6) is 5.75 Å². The van der Waals surface area contributed by atoms with E-state index in [1.54, 1.807) is 18.2 Å².